The second-order valence-electron chi connectivity index (χ2n) is 7.47. The number of likely N-dealkylation sites (N-methyl/N-ethyl adjacent to an activating group) is 1. The van der Waals surface area contributed by atoms with E-state index in [-0.39, 0.29) is 12.6 Å². The largest absolute Gasteiger partial charge is 0.406 e. The molecule has 0 saturated carbocycles. The van der Waals surface area contributed by atoms with Crippen molar-refractivity contribution in [2.45, 2.75) is 38.5 Å². The van der Waals surface area contributed by atoms with Crippen LogP contribution in [0, 0.1) is 6.92 Å². The number of nitrogens with zero attached hydrogens (tertiary/aromatic N) is 3. The minimum absolute atomic E-state index is 0.206. The molecule has 0 bridgehead atoms. The van der Waals surface area contributed by atoms with Gasteiger partial charge in [0.05, 0.1) is 6.54 Å². The highest BCUT2D eigenvalue weighted by atomic mass is 19.4. The van der Waals surface area contributed by atoms with Crippen molar-refractivity contribution in [3.05, 3.63) is 35.4 Å². The van der Waals surface area contributed by atoms with Crippen LogP contribution in [-0.4, -0.2) is 74.2 Å². The Balaban J connectivity index is 1.73. The number of carbonyl (C=O) groups is 1. The molecule has 2 N–H and O–H groups in total. The summed E-state index contributed by atoms with van der Waals surface area (Å²) in [6.07, 6.45) is -2.56. The van der Waals surface area contributed by atoms with Crippen molar-refractivity contribution < 1.29 is 18.0 Å². The number of rotatable bonds is 6. The zero-order valence-electron chi connectivity index (χ0n) is 17.2. The van der Waals surface area contributed by atoms with Crippen LogP contribution in [0.2, 0.25) is 0 Å². The molecule has 1 aliphatic rings. The Morgan fingerprint density at radius 3 is 2.59 bits per heavy atom. The molecule has 2 rings (SSSR count). The molecule has 1 aliphatic heterocycles. The highest BCUT2D eigenvalue weighted by Crippen LogP contribution is 2.16. The molecule has 1 aromatic carbocycles. The Morgan fingerprint density at radius 2 is 2.00 bits per heavy atom. The molecule has 162 valence electrons. The third-order valence-corrected chi connectivity index (χ3v) is 4.89. The number of hydrogen-bond acceptors (Lipinski definition) is 3. The lowest BCUT2D eigenvalue weighted by atomic mass is 10.0. The average Bonchev–Trinajstić information content (AvgIpc) is 2.65. The first-order valence-corrected chi connectivity index (χ1v) is 9.72. The second kappa shape index (κ2) is 10.5. The maximum absolute atomic E-state index is 12.4. The van der Waals surface area contributed by atoms with Gasteiger partial charge in [-0.15, -0.1) is 0 Å². The van der Waals surface area contributed by atoms with Gasteiger partial charge in [0.1, 0.15) is 6.54 Å². The molecule has 1 amide bonds. The molecular weight excluding hydrogens is 383 g/mol. The van der Waals surface area contributed by atoms with E-state index < -0.39 is 18.6 Å². The molecule has 6 nitrogen and oxygen atoms in total. The van der Waals surface area contributed by atoms with E-state index in [1.165, 1.54) is 11.1 Å². The van der Waals surface area contributed by atoms with Gasteiger partial charge in [-0.3, -0.25) is 14.7 Å². The van der Waals surface area contributed by atoms with Crippen LogP contribution in [0.25, 0.3) is 0 Å². The number of hydrogen-bond donors (Lipinski definition) is 2. The molecule has 1 heterocycles. The Hall–Kier alpha value is -2.29. The Labute approximate surface area is 170 Å². The quantitative estimate of drug-likeness (QED) is 0.554. The van der Waals surface area contributed by atoms with Crippen LogP contribution in [0.15, 0.2) is 29.3 Å². The number of carbonyl (C=O) groups excluding carboxylic acids is 1. The van der Waals surface area contributed by atoms with Crippen LogP contribution in [0.1, 0.15) is 24.0 Å². The SMILES string of the molecule is CN=C(NCC(=O)N(C)CC(F)(F)F)NC1CCN(Cc2cccc(C)c2)CC1. The van der Waals surface area contributed by atoms with Gasteiger partial charge in [-0.2, -0.15) is 13.2 Å². The highest BCUT2D eigenvalue weighted by Gasteiger charge is 2.31. The van der Waals surface area contributed by atoms with Gasteiger partial charge >= 0.3 is 6.18 Å². The summed E-state index contributed by atoms with van der Waals surface area (Å²) in [6, 6.07) is 8.70. The van der Waals surface area contributed by atoms with Gasteiger partial charge in [-0.05, 0) is 25.3 Å². The fourth-order valence-electron chi connectivity index (χ4n) is 3.34. The molecule has 0 unspecified atom stereocenters. The summed E-state index contributed by atoms with van der Waals surface area (Å²) in [7, 11) is 2.71. The lowest BCUT2D eigenvalue weighted by Crippen LogP contribution is -2.50. The van der Waals surface area contributed by atoms with E-state index in [0.717, 1.165) is 39.5 Å². The Morgan fingerprint density at radius 1 is 1.31 bits per heavy atom. The predicted molar refractivity (Wildman–Crippen MR) is 108 cm³/mol. The predicted octanol–water partition coefficient (Wildman–Crippen LogP) is 2.15. The molecule has 29 heavy (non-hydrogen) atoms. The number of nitrogens with one attached hydrogen (secondary N) is 2. The molecule has 0 spiro atoms. The third kappa shape index (κ3) is 8.31. The first-order chi connectivity index (χ1) is 13.7. The number of likely N-dealkylation sites (tertiary alicyclic amines) is 1. The molecule has 0 atom stereocenters. The summed E-state index contributed by atoms with van der Waals surface area (Å²) in [5.74, 6) is -0.214. The molecule has 1 saturated heterocycles. The van der Waals surface area contributed by atoms with Gasteiger partial charge in [0.15, 0.2) is 5.96 Å². The summed E-state index contributed by atoms with van der Waals surface area (Å²) >= 11 is 0. The summed E-state index contributed by atoms with van der Waals surface area (Å²) in [6.45, 7) is 3.38. The Bertz CT molecular complexity index is 700. The van der Waals surface area contributed by atoms with E-state index in [1.807, 2.05) is 0 Å². The number of guanidine groups is 1. The number of aryl methyl sites for hydroxylation is 1. The molecule has 1 aromatic rings. The maximum Gasteiger partial charge on any atom is 0.406 e. The molecular formula is C20H30F3N5O. The van der Waals surface area contributed by atoms with Crippen molar-refractivity contribution in [1.29, 1.82) is 0 Å². The number of alkyl halides is 3. The van der Waals surface area contributed by atoms with Crippen LogP contribution in [0.5, 0.6) is 0 Å². The van der Waals surface area contributed by atoms with Crippen molar-refractivity contribution in [3.63, 3.8) is 0 Å². The standard InChI is InChI=1S/C20H30F3N5O/c1-15-5-4-6-16(11-15)13-28-9-7-17(8-10-28)26-19(24-2)25-12-18(29)27(3)14-20(21,22)23/h4-6,11,17H,7-10,12-14H2,1-3H3,(H2,24,25,26). The summed E-state index contributed by atoms with van der Waals surface area (Å²) in [5.41, 5.74) is 2.56. The van der Waals surface area contributed by atoms with Gasteiger partial charge in [-0.1, -0.05) is 29.8 Å². The molecule has 0 radical (unpaired) electrons. The first kappa shape index (κ1) is 23.0. The summed E-state index contributed by atoms with van der Waals surface area (Å²) in [4.78, 5) is 19.0. The summed E-state index contributed by atoms with van der Waals surface area (Å²) in [5, 5.41) is 6.07. The fourth-order valence-corrected chi connectivity index (χ4v) is 3.34. The number of halogens is 3. The van der Waals surface area contributed by atoms with Gasteiger partial charge < -0.3 is 15.5 Å². The fraction of sp³-hybridized carbons (Fsp3) is 0.600. The van der Waals surface area contributed by atoms with Crippen LogP contribution in [0.4, 0.5) is 13.2 Å². The topological polar surface area (TPSA) is 60.0 Å². The zero-order valence-corrected chi connectivity index (χ0v) is 17.2. The monoisotopic (exact) mass is 413 g/mol. The minimum Gasteiger partial charge on any atom is -0.354 e. The van der Waals surface area contributed by atoms with Gasteiger partial charge in [0, 0.05) is 39.8 Å². The van der Waals surface area contributed by atoms with E-state index in [9.17, 15) is 18.0 Å². The van der Waals surface area contributed by atoms with Crippen LogP contribution in [-0.2, 0) is 11.3 Å². The zero-order chi connectivity index (χ0) is 21.4. The highest BCUT2D eigenvalue weighted by molar-refractivity contribution is 5.86. The smallest absolute Gasteiger partial charge is 0.354 e. The lowest BCUT2D eigenvalue weighted by molar-refractivity contribution is -0.157. The van der Waals surface area contributed by atoms with E-state index in [0.29, 0.717) is 10.9 Å². The number of aliphatic imine (C=N–C) groups is 1. The molecule has 0 aliphatic carbocycles. The van der Waals surface area contributed by atoms with Crippen molar-refractivity contribution in [2.75, 3.05) is 40.3 Å². The Kier molecular flexibility index (Phi) is 8.31. The van der Waals surface area contributed by atoms with Crippen LogP contribution in [0.3, 0.4) is 0 Å². The van der Waals surface area contributed by atoms with Crippen molar-refractivity contribution in [1.82, 2.24) is 20.4 Å². The van der Waals surface area contributed by atoms with E-state index in [2.05, 4.69) is 51.7 Å². The van der Waals surface area contributed by atoms with Crippen LogP contribution >= 0.6 is 0 Å². The molecule has 1 fully saturated rings. The van der Waals surface area contributed by atoms with E-state index in [4.69, 9.17) is 0 Å². The van der Waals surface area contributed by atoms with Crippen LogP contribution < -0.4 is 10.6 Å². The first-order valence-electron chi connectivity index (χ1n) is 9.72. The van der Waals surface area contributed by atoms with E-state index >= 15 is 0 Å². The normalized spacial score (nSPS) is 16.6. The minimum atomic E-state index is -4.41. The van der Waals surface area contributed by atoms with Gasteiger partial charge in [0.25, 0.3) is 0 Å². The van der Waals surface area contributed by atoms with Gasteiger partial charge in [0.2, 0.25) is 5.91 Å². The number of amides is 1. The van der Waals surface area contributed by atoms with E-state index in [1.54, 1.807) is 7.05 Å². The van der Waals surface area contributed by atoms with Gasteiger partial charge in [-0.25, -0.2) is 0 Å². The third-order valence-electron chi connectivity index (χ3n) is 4.89. The number of piperidine rings is 1. The maximum atomic E-state index is 12.4. The average molecular weight is 413 g/mol. The number of benzene rings is 1. The van der Waals surface area contributed by atoms with Crippen molar-refractivity contribution >= 4 is 11.9 Å². The molecule has 9 heteroatoms. The van der Waals surface area contributed by atoms with Crippen molar-refractivity contribution in [2.24, 2.45) is 4.99 Å². The summed E-state index contributed by atoms with van der Waals surface area (Å²) < 4.78 is 37.1. The lowest BCUT2D eigenvalue weighted by Gasteiger charge is -2.33. The van der Waals surface area contributed by atoms with Crippen molar-refractivity contribution in [3.8, 4) is 0 Å². The molecule has 0 aromatic heterocycles. The second-order valence-corrected chi connectivity index (χ2v) is 7.47.